The second-order valence-corrected chi connectivity index (χ2v) is 11.0. The van der Waals surface area contributed by atoms with Crippen LogP contribution in [0.4, 0.5) is 10.5 Å². The molecule has 0 unspecified atom stereocenters. The lowest BCUT2D eigenvalue weighted by molar-refractivity contribution is -0.153. The lowest BCUT2D eigenvalue weighted by Gasteiger charge is -2.55. The minimum atomic E-state index is -1.69. The molecule has 3 aliphatic rings. The van der Waals surface area contributed by atoms with Gasteiger partial charge in [0.1, 0.15) is 10.5 Å². The fourth-order valence-corrected chi connectivity index (χ4v) is 7.04. The van der Waals surface area contributed by atoms with E-state index in [1.54, 1.807) is 6.92 Å². The van der Waals surface area contributed by atoms with Crippen LogP contribution in [0.15, 0.2) is 4.52 Å². The summed E-state index contributed by atoms with van der Waals surface area (Å²) in [6.45, 7) is 3.97. The van der Waals surface area contributed by atoms with E-state index in [0.29, 0.717) is 22.8 Å². The van der Waals surface area contributed by atoms with Gasteiger partial charge in [0.15, 0.2) is 20.7 Å². The summed E-state index contributed by atoms with van der Waals surface area (Å²) in [7, 11) is 0. The summed E-state index contributed by atoms with van der Waals surface area (Å²) < 4.78 is 11.8. The number of imide groups is 2. The van der Waals surface area contributed by atoms with Gasteiger partial charge in [0.25, 0.3) is 0 Å². The molecule has 1 spiro atoms. The van der Waals surface area contributed by atoms with Crippen molar-refractivity contribution in [3.05, 3.63) is 20.3 Å². The maximum absolute atomic E-state index is 13.3. The number of barbiturate groups is 1. The molecule has 4 amide bonds. The number of urea groups is 1. The van der Waals surface area contributed by atoms with Crippen LogP contribution >= 0.6 is 46.1 Å². The van der Waals surface area contributed by atoms with Crippen molar-refractivity contribution in [3.63, 3.8) is 0 Å². The van der Waals surface area contributed by atoms with Crippen molar-refractivity contribution in [2.24, 2.45) is 5.41 Å². The first-order valence-electron chi connectivity index (χ1n) is 10.5. The van der Waals surface area contributed by atoms with E-state index in [1.807, 2.05) is 11.8 Å². The van der Waals surface area contributed by atoms with E-state index in [0.717, 1.165) is 11.3 Å². The summed E-state index contributed by atoms with van der Waals surface area (Å²) in [4.78, 5) is 49.5. The van der Waals surface area contributed by atoms with E-state index in [1.165, 1.54) is 0 Å². The normalized spacial score (nSPS) is 25.5. The molecule has 3 atom stereocenters. The number of rotatable bonds is 1. The van der Waals surface area contributed by atoms with E-state index >= 15 is 0 Å². The summed E-state index contributed by atoms with van der Waals surface area (Å²) in [6.07, 6.45) is -0.920. The number of thiazole rings is 1. The predicted octanol–water partition coefficient (Wildman–Crippen LogP) is 3.44. The Morgan fingerprint density at radius 1 is 1.14 bits per heavy atom. The Labute approximate surface area is 217 Å². The van der Waals surface area contributed by atoms with Gasteiger partial charge in [-0.25, -0.2) is 14.8 Å². The first-order valence-corrected chi connectivity index (χ1v) is 12.5. The molecule has 3 aromatic heterocycles. The Hall–Kier alpha value is -2.51. The highest BCUT2D eigenvalue weighted by Gasteiger charge is 2.63. The van der Waals surface area contributed by atoms with Crippen LogP contribution in [0.25, 0.3) is 21.7 Å². The highest BCUT2D eigenvalue weighted by molar-refractivity contribution is 7.19. The van der Waals surface area contributed by atoms with Crippen molar-refractivity contribution < 1.29 is 25.1 Å². The highest BCUT2D eigenvalue weighted by Crippen LogP contribution is 2.51. The van der Waals surface area contributed by atoms with Gasteiger partial charge < -0.3 is 14.2 Å². The topological polar surface area (TPSA) is 140 Å². The first-order chi connectivity index (χ1) is 16.6. The molecule has 2 N–H and O–H groups in total. The molecule has 0 aliphatic carbocycles. The number of amides is 4. The van der Waals surface area contributed by atoms with E-state index < -0.39 is 35.4 Å². The largest absolute Gasteiger partial charge is 0.372 e. The van der Waals surface area contributed by atoms with Gasteiger partial charge >= 0.3 is 6.03 Å². The zero-order chi connectivity index (χ0) is 24.8. The number of carbonyl (C=O) groups is 3. The monoisotopic (exact) mass is 558 g/mol. The molecule has 35 heavy (non-hydrogen) atoms. The number of hydrogen-bond donors (Lipinski definition) is 2. The van der Waals surface area contributed by atoms with Crippen molar-refractivity contribution in [2.75, 3.05) is 11.4 Å². The van der Waals surface area contributed by atoms with Crippen LogP contribution < -0.4 is 15.5 Å². The number of nitrogens with one attached hydrogen (secondary N) is 2. The van der Waals surface area contributed by atoms with Gasteiger partial charge in [0.2, 0.25) is 17.4 Å². The third-order valence-electron chi connectivity index (χ3n) is 6.55. The van der Waals surface area contributed by atoms with Crippen molar-refractivity contribution in [1.29, 1.82) is 0 Å². The van der Waals surface area contributed by atoms with Gasteiger partial charge in [-0.2, -0.15) is 0 Å². The van der Waals surface area contributed by atoms with Crippen molar-refractivity contribution >= 4 is 80.8 Å². The van der Waals surface area contributed by atoms with Gasteiger partial charge in [-0.3, -0.25) is 20.2 Å². The summed E-state index contributed by atoms with van der Waals surface area (Å²) in [5, 5.41) is 8.94. The number of carbonyl (C=O) groups excluding carboxylic acids is 3. The lowest BCUT2D eigenvalue weighted by atomic mass is 9.67. The van der Waals surface area contributed by atoms with Crippen LogP contribution in [-0.2, 0) is 20.7 Å². The van der Waals surface area contributed by atoms with Gasteiger partial charge in [-0.05, 0) is 13.8 Å². The third kappa shape index (κ3) is 3.13. The number of aromatic nitrogens is 3. The zero-order valence-electron chi connectivity index (χ0n) is 18.0. The summed E-state index contributed by atoms with van der Waals surface area (Å²) in [5.41, 5.74) is -0.0115. The molecular weight excluding hydrogens is 543 g/mol. The third-order valence-corrected chi connectivity index (χ3v) is 8.46. The molecule has 15 heteroatoms. The molecule has 0 radical (unpaired) electrons. The molecule has 3 aromatic rings. The molecule has 0 aromatic carbocycles. The van der Waals surface area contributed by atoms with Crippen LogP contribution in [0.5, 0.6) is 0 Å². The smallest absolute Gasteiger partial charge is 0.328 e. The fraction of sp³-hybridized carbons (Fsp3) is 0.400. The number of anilines is 1. The Balaban J connectivity index is 0.00000267. The molecule has 0 bridgehead atoms. The number of fused-ring (bicyclic) bond motifs is 5. The van der Waals surface area contributed by atoms with E-state index in [9.17, 15) is 14.4 Å². The standard InChI is InChI=1S/C20H15Cl3N6O5S.H2/c1-5-4-29-11-7(3-20(14(29)6(2)33-5)16(30)26-19(32)27-17(20)31)24-9-10(28-34-12(9)8(11)21)13-15(22)25-18(23)35-13;/h5-6,14H,3-4H2,1-2H3,(H2,26,27,30,31,32);1H/t5-,6+,14-;/m1./s1. The SMILES string of the molecule is C[C@@H]1CN2c3c(nc4c(-c5sc(Cl)nc5Cl)noc4c3Cl)CC3(C(=O)NC(=O)NC3=O)[C@H]2[C@H](C)O1.[HH]. The minimum absolute atomic E-state index is 0. The molecule has 6 heterocycles. The van der Waals surface area contributed by atoms with Gasteiger partial charge in [0.05, 0.1) is 34.5 Å². The number of ether oxygens (including phenoxy) is 1. The summed E-state index contributed by atoms with van der Waals surface area (Å²) in [5.74, 6) is -1.45. The highest BCUT2D eigenvalue weighted by atomic mass is 35.5. The molecule has 2 saturated heterocycles. The van der Waals surface area contributed by atoms with Crippen molar-refractivity contribution in [2.45, 2.75) is 38.5 Å². The molecule has 2 fully saturated rings. The number of hydrogen-bond acceptors (Lipinski definition) is 10. The summed E-state index contributed by atoms with van der Waals surface area (Å²) in [6, 6.07) is -1.63. The quantitative estimate of drug-likeness (QED) is 0.429. The first kappa shape index (κ1) is 22.9. The molecule has 0 saturated carbocycles. The Morgan fingerprint density at radius 2 is 1.86 bits per heavy atom. The molecular formula is C20H17Cl3N6O5S. The van der Waals surface area contributed by atoms with Crippen molar-refractivity contribution in [3.8, 4) is 10.6 Å². The molecule has 11 nitrogen and oxygen atoms in total. The maximum atomic E-state index is 13.3. The lowest BCUT2D eigenvalue weighted by Crippen LogP contribution is -2.75. The zero-order valence-corrected chi connectivity index (χ0v) is 21.1. The minimum Gasteiger partial charge on any atom is -0.372 e. The van der Waals surface area contributed by atoms with Crippen LogP contribution in [0.1, 0.15) is 21.0 Å². The average Bonchev–Trinajstić information content (AvgIpc) is 3.33. The maximum Gasteiger partial charge on any atom is 0.328 e. The Bertz CT molecular complexity index is 1440. The Kier molecular flexibility index (Phi) is 5.07. The van der Waals surface area contributed by atoms with E-state index in [4.69, 9.17) is 49.0 Å². The average molecular weight is 560 g/mol. The van der Waals surface area contributed by atoms with Crippen LogP contribution in [-0.4, -0.2) is 57.8 Å². The second kappa shape index (κ2) is 7.74. The van der Waals surface area contributed by atoms with Gasteiger partial charge in [-0.1, -0.05) is 51.3 Å². The van der Waals surface area contributed by atoms with E-state index in [-0.39, 0.29) is 45.4 Å². The molecule has 184 valence electrons. The Morgan fingerprint density at radius 3 is 2.51 bits per heavy atom. The number of morpholine rings is 1. The van der Waals surface area contributed by atoms with Crippen LogP contribution in [0, 0.1) is 5.41 Å². The van der Waals surface area contributed by atoms with Crippen LogP contribution in [0.3, 0.4) is 0 Å². The fourth-order valence-electron chi connectivity index (χ4n) is 5.33. The van der Waals surface area contributed by atoms with Gasteiger partial charge in [0, 0.05) is 14.4 Å². The number of nitrogens with zero attached hydrogens (tertiary/aromatic N) is 4. The second-order valence-electron chi connectivity index (χ2n) is 8.65. The van der Waals surface area contributed by atoms with Crippen molar-refractivity contribution in [1.82, 2.24) is 25.8 Å². The van der Waals surface area contributed by atoms with Crippen LogP contribution in [0.2, 0.25) is 14.6 Å². The number of pyridine rings is 1. The van der Waals surface area contributed by atoms with Gasteiger partial charge in [-0.15, -0.1) is 0 Å². The van der Waals surface area contributed by atoms with E-state index in [2.05, 4.69) is 20.8 Å². The summed E-state index contributed by atoms with van der Waals surface area (Å²) >= 11 is 20.2. The molecule has 3 aliphatic heterocycles. The number of halogens is 3. The molecule has 6 rings (SSSR count). The predicted molar refractivity (Wildman–Crippen MR) is 129 cm³/mol.